The number of nitrogens with zero attached hydrogens (tertiary/aromatic N) is 1. The van der Waals surface area contributed by atoms with Crippen molar-refractivity contribution < 1.29 is 13.9 Å². The summed E-state index contributed by atoms with van der Waals surface area (Å²) in [6, 6.07) is 14.5. The van der Waals surface area contributed by atoms with Crippen LogP contribution in [0.15, 0.2) is 48.5 Å². The first-order chi connectivity index (χ1) is 14.0. The monoisotopic (exact) mass is 398 g/mol. The Balaban J connectivity index is 1.44. The zero-order chi connectivity index (χ0) is 20.6. The van der Waals surface area contributed by atoms with Crippen molar-refractivity contribution in [2.75, 3.05) is 13.6 Å². The third kappa shape index (κ3) is 6.57. The van der Waals surface area contributed by atoms with Crippen LogP contribution in [0.3, 0.4) is 0 Å². The summed E-state index contributed by atoms with van der Waals surface area (Å²) < 4.78 is 19.1. The molecule has 1 aliphatic rings. The Morgan fingerprint density at radius 3 is 2.59 bits per heavy atom. The quantitative estimate of drug-likeness (QED) is 0.695. The first-order valence-electron chi connectivity index (χ1n) is 10.5. The van der Waals surface area contributed by atoms with Crippen LogP contribution < -0.4 is 10.1 Å². The summed E-state index contributed by atoms with van der Waals surface area (Å²) in [4.78, 5) is 14.6. The van der Waals surface area contributed by atoms with E-state index in [2.05, 4.69) is 29.4 Å². The van der Waals surface area contributed by atoms with E-state index in [0.717, 1.165) is 12.3 Å². The van der Waals surface area contributed by atoms with Crippen LogP contribution in [0.5, 0.6) is 5.75 Å². The zero-order valence-corrected chi connectivity index (χ0v) is 17.4. The normalized spacial score (nSPS) is 15.9. The fourth-order valence-electron chi connectivity index (χ4n) is 3.85. The van der Waals surface area contributed by atoms with Gasteiger partial charge in [0.1, 0.15) is 17.7 Å². The van der Waals surface area contributed by atoms with Crippen LogP contribution >= 0.6 is 0 Å². The lowest BCUT2D eigenvalue weighted by Crippen LogP contribution is -2.33. The van der Waals surface area contributed by atoms with Gasteiger partial charge < -0.3 is 10.1 Å². The van der Waals surface area contributed by atoms with Crippen LogP contribution in [0.2, 0.25) is 0 Å². The van der Waals surface area contributed by atoms with Gasteiger partial charge in [0.2, 0.25) is 0 Å². The summed E-state index contributed by atoms with van der Waals surface area (Å²) in [5, 5.41) is 2.78. The minimum Gasteiger partial charge on any atom is -0.489 e. The second-order valence-electron chi connectivity index (χ2n) is 8.00. The maximum atomic E-state index is 13.2. The standard InChI is InChI=1S/C24H31FN2O2/c1-18(16-26-24(28)20-7-6-8-21(25)15-20)29-23-13-11-19(12-14-23)17-27(2)22-9-4-3-5-10-22/h6-8,11-15,18,22H,3-5,9-10,16-17H2,1-2H3,(H,26,28)/t18-/m0/s1. The molecule has 0 radical (unpaired) electrons. The Hall–Kier alpha value is -2.40. The Kier molecular flexibility index (Phi) is 7.64. The van der Waals surface area contributed by atoms with Gasteiger partial charge >= 0.3 is 0 Å². The highest BCUT2D eigenvalue weighted by atomic mass is 19.1. The molecule has 1 fully saturated rings. The summed E-state index contributed by atoms with van der Waals surface area (Å²) in [5.74, 6) is 0.0544. The zero-order valence-electron chi connectivity index (χ0n) is 17.4. The number of amides is 1. The van der Waals surface area contributed by atoms with Crippen molar-refractivity contribution in [1.29, 1.82) is 0 Å². The van der Waals surface area contributed by atoms with Gasteiger partial charge in [0.25, 0.3) is 5.91 Å². The van der Waals surface area contributed by atoms with Gasteiger partial charge in [-0.05, 0) is 62.7 Å². The molecule has 0 bridgehead atoms. The van der Waals surface area contributed by atoms with Crippen LogP contribution in [0.1, 0.15) is 54.9 Å². The van der Waals surface area contributed by atoms with Gasteiger partial charge in [-0.2, -0.15) is 0 Å². The molecule has 0 heterocycles. The molecule has 2 aromatic carbocycles. The van der Waals surface area contributed by atoms with Crippen molar-refractivity contribution in [1.82, 2.24) is 10.2 Å². The molecule has 29 heavy (non-hydrogen) atoms. The van der Waals surface area contributed by atoms with Crippen molar-refractivity contribution in [3.63, 3.8) is 0 Å². The minimum atomic E-state index is -0.420. The van der Waals surface area contributed by atoms with E-state index in [1.807, 2.05) is 19.1 Å². The molecule has 156 valence electrons. The van der Waals surface area contributed by atoms with Crippen LogP contribution in [0.4, 0.5) is 4.39 Å². The highest BCUT2D eigenvalue weighted by Crippen LogP contribution is 2.23. The predicted molar refractivity (Wildman–Crippen MR) is 114 cm³/mol. The molecular formula is C24H31FN2O2. The van der Waals surface area contributed by atoms with Gasteiger partial charge in [-0.25, -0.2) is 4.39 Å². The molecule has 4 nitrogen and oxygen atoms in total. The Labute approximate surface area is 173 Å². The lowest BCUT2D eigenvalue weighted by molar-refractivity contribution is 0.0931. The summed E-state index contributed by atoms with van der Waals surface area (Å²) in [6.45, 7) is 3.20. The molecule has 0 spiro atoms. The number of benzene rings is 2. The summed E-state index contributed by atoms with van der Waals surface area (Å²) in [7, 11) is 2.21. The molecule has 0 saturated heterocycles. The average molecular weight is 399 g/mol. The topological polar surface area (TPSA) is 41.6 Å². The van der Waals surface area contributed by atoms with E-state index in [1.165, 1.54) is 55.9 Å². The number of carbonyl (C=O) groups excluding carboxylic acids is 1. The maximum Gasteiger partial charge on any atom is 0.251 e. The van der Waals surface area contributed by atoms with Crippen LogP contribution in [-0.2, 0) is 6.54 Å². The van der Waals surface area contributed by atoms with Crippen molar-refractivity contribution in [3.8, 4) is 5.75 Å². The number of rotatable bonds is 8. The fraction of sp³-hybridized carbons (Fsp3) is 0.458. The number of hydrogen-bond donors (Lipinski definition) is 1. The molecule has 1 N–H and O–H groups in total. The highest BCUT2D eigenvalue weighted by molar-refractivity contribution is 5.94. The molecule has 1 atom stereocenters. The third-order valence-electron chi connectivity index (χ3n) is 5.53. The van der Waals surface area contributed by atoms with Gasteiger partial charge in [0, 0.05) is 18.2 Å². The molecule has 0 aromatic heterocycles. The maximum absolute atomic E-state index is 13.2. The van der Waals surface area contributed by atoms with Gasteiger partial charge in [-0.15, -0.1) is 0 Å². The second-order valence-corrected chi connectivity index (χ2v) is 8.00. The molecule has 0 aliphatic heterocycles. The van der Waals surface area contributed by atoms with E-state index in [9.17, 15) is 9.18 Å². The summed E-state index contributed by atoms with van der Waals surface area (Å²) in [6.07, 6.45) is 6.47. The Morgan fingerprint density at radius 1 is 1.17 bits per heavy atom. The lowest BCUT2D eigenvalue weighted by atomic mass is 9.94. The molecule has 0 unspecified atom stereocenters. The lowest BCUT2D eigenvalue weighted by Gasteiger charge is -2.31. The molecule has 5 heteroatoms. The molecule has 1 aliphatic carbocycles. The number of carbonyl (C=O) groups is 1. The van der Waals surface area contributed by atoms with Gasteiger partial charge in [0.05, 0.1) is 6.54 Å². The van der Waals surface area contributed by atoms with Gasteiger partial charge in [-0.3, -0.25) is 9.69 Å². The summed E-state index contributed by atoms with van der Waals surface area (Å²) >= 11 is 0. The molecule has 1 saturated carbocycles. The van der Waals surface area contributed by atoms with Gasteiger partial charge in [-0.1, -0.05) is 37.5 Å². The number of hydrogen-bond acceptors (Lipinski definition) is 3. The summed E-state index contributed by atoms with van der Waals surface area (Å²) in [5.41, 5.74) is 1.58. The fourth-order valence-corrected chi connectivity index (χ4v) is 3.85. The van der Waals surface area contributed by atoms with Crippen LogP contribution in [0, 0.1) is 5.82 Å². The van der Waals surface area contributed by atoms with E-state index in [-0.39, 0.29) is 12.0 Å². The van der Waals surface area contributed by atoms with E-state index >= 15 is 0 Å². The van der Waals surface area contributed by atoms with E-state index in [1.54, 1.807) is 6.07 Å². The molecule has 1 amide bonds. The first-order valence-corrected chi connectivity index (χ1v) is 10.5. The minimum absolute atomic E-state index is 0.191. The smallest absolute Gasteiger partial charge is 0.251 e. The second kappa shape index (κ2) is 10.4. The number of ether oxygens (including phenoxy) is 1. The SMILES string of the molecule is C[C@@H](CNC(=O)c1cccc(F)c1)Oc1ccc(CN(C)C2CCCCC2)cc1. The molecular weight excluding hydrogens is 367 g/mol. The Bertz CT molecular complexity index is 788. The predicted octanol–water partition coefficient (Wildman–Crippen LogP) is 4.79. The van der Waals surface area contributed by atoms with Crippen molar-refractivity contribution >= 4 is 5.91 Å². The van der Waals surface area contributed by atoms with Crippen LogP contribution in [-0.4, -0.2) is 36.5 Å². The number of nitrogens with one attached hydrogen (secondary N) is 1. The molecule has 3 rings (SSSR count). The van der Waals surface area contributed by atoms with E-state index in [4.69, 9.17) is 4.74 Å². The third-order valence-corrected chi connectivity index (χ3v) is 5.53. The highest BCUT2D eigenvalue weighted by Gasteiger charge is 2.18. The number of halogens is 1. The van der Waals surface area contributed by atoms with E-state index < -0.39 is 5.82 Å². The average Bonchev–Trinajstić information content (AvgIpc) is 2.74. The van der Waals surface area contributed by atoms with Crippen LogP contribution in [0.25, 0.3) is 0 Å². The largest absolute Gasteiger partial charge is 0.489 e. The first kappa shape index (κ1) is 21.3. The van der Waals surface area contributed by atoms with Crippen molar-refractivity contribution in [2.45, 2.75) is 57.7 Å². The van der Waals surface area contributed by atoms with Gasteiger partial charge in [0.15, 0.2) is 0 Å². The van der Waals surface area contributed by atoms with Crippen molar-refractivity contribution in [2.24, 2.45) is 0 Å². The van der Waals surface area contributed by atoms with E-state index in [0.29, 0.717) is 18.2 Å². The Morgan fingerprint density at radius 2 is 1.90 bits per heavy atom. The molecule has 2 aromatic rings. The van der Waals surface area contributed by atoms with Crippen molar-refractivity contribution in [3.05, 3.63) is 65.5 Å².